The van der Waals surface area contributed by atoms with Gasteiger partial charge in [0.1, 0.15) is 0 Å². The molecule has 2 amide bonds. The quantitative estimate of drug-likeness (QED) is 0.552. The number of nitrogens with zero attached hydrogens (tertiary/aromatic N) is 3. The average Bonchev–Trinajstić information content (AvgIpc) is 2.69. The number of piperazine rings is 1. The van der Waals surface area contributed by atoms with Crippen molar-refractivity contribution < 1.29 is 18.7 Å². The molecule has 154 valence electrons. The summed E-state index contributed by atoms with van der Waals surface area (Å²) < 4.78 is 19.3. The van der Waals surface area contributed by atoms with Crippen LogP contribution in [0.1, 0.15) is 6.92 Å². The van der Waals surface area contributed by atoms with Crippen LogP contribution in [0.5, 0.6) is 0 Å². The highest BCUT2D eigenvalue weighted by Gasteiger charge is 2.33. The Hall–Kier alpha value is -1.73. The third-order valence-electron chi connectivity index (χ3n) is 5.12. The van der Waals surface area contributed by atoms with Crippen molar-refractivity contribution in [2.24, 2.45) is 0 Å². The first kappa shape index (κ1) is 21.0. The molecule has 3 heterocycles. The molecular formula is C19H29N4O4P. The summed E-state index contributed by atoms with van der Waals surface area (Å²) >= 11 is 0. The van der Waals surface area contributed by atoms with Gasteiger partial charge in [-0.1, -0.05) is 18.2 Å². The second-order valence-corrected chi connectivity index (χ2v) is 9.42. The molecule has 1 aromatic rings. The summed E-state index contributed by atoms with van der Waals surface area (Å²) in [7, 11) is -3.04. The lowest BCUT2D eigenvalue weighted by Gasteiger charge is -2.36. The summed E-state index contributed by atoms with van der Waals surface area (Å²) in [4.78, 5) is 29.9. The fourth-order valence-corrected chi connectivity index (χ4v) is 5.80. The smallest absolute Gasteiger partial charge is 0.312 e. The fourth-order valence-electron chi connectivity index (χ4n) is 3.56. The van der Waals surface area contributed by atoms with Crippen LogP contribution in [0.4, 0.5) is 0 Å². The van der Waals surface area contributed by atoms with Gasteiger partial charge in [-0.25, -0.2) is 0 Å². The lowest BCUT2D eigenvalue weighted by molar-refractivity contribution is -0.156. The molecule has 9 heteroatoms. The second kappa shape index (κ2) is 9.65. The number of fused-ring (bicyclic) bond motifs is 9. The summed E-state index contributed by atoms with van der Waals surface area (Å²) in [6, 6.07) is 9.30. The van der Waals surface area contributed by atoms with E-state index < -0.39 is 19.2 Å². The van der Waals surface area contributed by atoms with Gasteiger partial charge in [0.25, 0.3) is 0 Å². The zero-order chi connectivity index (χ0) is 20.0. The van der Waals surface area contributed by atoms with Crippen LogP contribution >= 0.6 is 7.37 Å². The Labute approximate surface area is 166 Å². The molecule has 3 fully saturated rings. The van der Waals surface area contributed by atoms with Crippen LogP contribution in [-0.2, 0) is 18.7 Å². The van der Waals surface area contributed by atoms with Gasteiger partial charge in [0.15, 0.2) is 0 Å². The summed E-state index contributed by atoms with van der Waals surface area (Å²) in [5.74, 6) is -0.868. The molecule has 0 aliphatic carbocycles. The Morgan fingerprint density at radius 2 is 1.54 bits per heavy atom. The zero-order valence-electron chi connectivity index (χ0n) is 16.4. The van der Waals surface area contributed by atoms with Crippen molar-refractivity contribution in [3.05, 3.63) is 30.3 Å². The average molecular weight is 408 g/mol. The van der Waals surface area contributed by atoms with E-state index in [1.807, 2.05) is 37.3 Å². The predicted molar refractivity (Wildman–Crippen MR) is 108 cm³/mol. The van der Waals surface area contributed by atoms with Crippen LogP contribution < -0.4 is 10.6 Å². The van der Waals surface area contributed by atoms with Crippen LogP contribution in [0.2, 0.25) is 0 Å². The van der Waals surface area contributed by atoms with Gasteiger partial charge in [0, 0.05) is 57.7 Å². The minimum Gasteiger partial charge on any atom is -0.331 e. The Bertz CT molecular complexity index is 728. The first-order valence-corrected chi connectivity index (χ1v) is 11.6. The van der Waals surface area contributed by atoms with Crippen molar-refractivity contribution in [2.45, 2.75) is 6.92 Å². The molecule has 0 aromatic heterocycles. The van der Waals surface area contributed by atoms with Crippen LogP contribution in [0.3, 0.4) is 0 Å². The molecule has 3 aliphatic rings. The van der Waals surface area contributed by atoms with Gasteiger partial charge in [-0.05, 0) is 19.1 Å². The van der Waals surface area contributed by atoms with E-state index in [0.717, 1.165) is 6.54 Å². The topological polar surface area (TPSA) is 82.2 Å². The molecule has 2 bridgehead atoms. The van der Waals surface area contributed by atoms with Gasteiger partial charge < -0.3 is 19.6 Å². The van der Waals surface area contributed by atoms with Crippen molar-refractivity contribution in [1.82, 2.24) is 20.0 Å². The number of benzene rings is 1. The van der Waals surface area contributed by atoms with Gasteiger partial charge in [0.2, 0.25) is 7.37 Å². The maximum Gasteiger partial charge on any atom is 0.312 e. The molecule has 0 saturated carbocycles. The van der Waals surface area contributed by atoms with E-state index in [9.17, 15) is 14.2 Å². The minimum absolute atomic E-state index is 0.286. The molecule has 4 rings (SSSR count). The summed E-state index contributed by atoms with van der Waals surface area (Å²) in [5, 5.41) is 4.02. The molecule has 1 unspecified atom stereocenters. The van der Waals surface area contributed by atoms with E-state index in [-0.39, 0.29) is 6.29 Å². The highest BCUT2D eigenvalue weighted by atomic mass is 31.2. The van der Waals surface area contributed by atoms with E-state index in [1.165, 1.54) is 0 Å². The van der Waals surface area contributed by atoms with Crippen molar-refractivity contribution in [1.29, 1.82) is 0 Å². The number of hydrogen-bond donors (Lipinski definition) is 1. The maximum absolute atomic E-state index is 13.6. The third-order valence-corrected chi connectivity index (χ3v) is 7.65. The van der Waals surface area contributed by atoms with Gasteiger partial charge >= 0.3 is 11.8 Å². The molecule has 1 atom stereocenters. The predicted octanol–water partition coefficient (Wildman–Crippen LogP) is 0.160. The number of hydrogen-bond acceptors (Lipinski definition) is 6. The highest BCUT2D eigenvalue weighted by molar-refractivity contribution is 7.66. The number of rotatable bonds is 5. The third kappa shape index (κ3) is 5.00. The Morgan fingerprint density at radius 1 is 0.929 bits per heavy atom. The van der Waals surface area contributed by atoms with E-state index in [1.54, 1.807) is 9.80 Å². The fraction of sp³-hybridized carbons (Fsp3) is 0.579. The second-order valence-electron chi connectivity index (χ2n) is 7.02. The van der Waals surface area contributed by atoms with Crippen molar-refractivity contribution in [2.75, 3.05) is 65.3 Å². The molecule has 1 N–H and O–H groups in total. The number of amides is 2. The number of carbonyl (C=O) groups is 2. The summed E-state index contributed by atoms with van der Waals surface area (Å²) in [6.07, 6.45) is 0.286. The molecule has 3 saturated heterocycles. The molecule has 0 radical (unpaired) electrons. The van der Waals surface area contributed by atoms with Crippen molar-refractivity contribution in [3.63, 3.8) is 0 Å². The first-order chi connectivity index (χ1) is 13.5. The van der Waals surface area contributed by atoms with Crippen LogP contribution in [0, 0.1) is 0 Å². The normalized spacial score (nSPS) is 21.9. The zero-order valence-corrected chi connectivity index (χ0v) is 17.3. The minimum atomic E-state index is -3.04. The SMILES string of the molecule is CCOP(=O)(CN1CCNCCN2CCN(CC1)C(=O)C2=O)c1ccccc1. The van der Waals surface area contributed by atoms with Gasteiger partial charge in [-0.15, -0.1) is 0 Å². The molecular weight excluding hydrogens is 379 g/mol. The van der Waals surface area contributed by atoms with E-state index in [4.69, 9.17) is 4.52 Å². The Morgan fingerprint density at radius 3 is 2.21 bits per heavy atom. The lowest BCUT2D eigenvalue weighted by atomic mass is 10.2. The molecule has 0 spiro atoms. The van der Waals surface area contributed by atoms with Crippen LogP contribution in [0.25, 0.3) is 0 Å². The Kier molecular flexibility index (Phi) is 7.24. The monoisotopic (exact) mass is 408 g/mol. The molecule has 28 heavy (non-hydrogen) atoms. The summed E-state index contributed by atoms with van der Waals surface area (Å²) in [5.41, 5.74) is 0. The number of carbonyl (C=O) groups excluding carboxylic acids is 2. The first-order valence-electron chi connectivity index (χ1n) is 9.84. The van der Waals surface area contributed by atoms with Gasteiger partial charge in [-0.2, -0.15) is 0 Å². The van der Waals surface area contributed by atoms with Crippen LogP contribution in [0.15, 0.2) is 30.3 Å². The highest BCUT2D eigenvalue weighted by Crippen LogP contribution is 2.46. The van der Waals surface area contributed by atoms with Crippen LogP contribution in [-0.4, -0.2) is 91.8 Å². The van der Waals surface area contributed by atoms with E-state index in [0.29, 0.717) is 57.7 Å². The van der Waals surface area contributed by atoms with Crippen molar-refractivity contribution >= 4 is 24.5 Å². The van der Waals surface area contributed by atoms with E-state index >= 15 is 0 Å². The van der Waals surface area contributed by atoms with Gasteiger partial charge in [0.05, 0.1) is 12.9 Å². The largest absolute Gasteiger partial charge is 0.331 e. The Balaban J connectivity index is 1.74. The molecule has 1 aromatic carbocycles. The summed E-state index contributed by atoms with van der Waals surface area (Å²) in [6.45, 7) is 6.88. The van der Waals surface area contributed by atoms with E-state index in [2.05, 4.69) is 10.2 Å². The van der Waals surface area contributed by atoms with Gasteiger partial charge in [-0.3, -0.25) is 19.1 Å². The lowest BCUT2D eigenvalue weighted by Crippen LogP contribution is -2.57. The number of nitrogens with one attached hydrogen (secondary N) is 1. The van der Waals surface area contributed by atoms with Crippen molar-refractivity contribution in [3.8, 4) is 0 Å². The maximum atomic E-state index is 13.6. The standard InChI is InChI=1S/C19H29N4O4P/c1-2-27-28(26,17-6-4-3-5-7-17)16-21-10-8-20-9-11-22-14-15-23(13-12-21)19(25)18(22)24/h3-7,20H,2,8-16H2,1H3. The molecule has 3 aliphatic heterocycles. The molecule has 8 nitrogen and oxygen atoms in total.